The molecule has 0 radical (unpaired) electrons. The first-order valence-corrected chi connectivity index (χ1v) is 13.6. The molecule has 3 aromatic carbocycles. The maximum atomic E-state index is 13.3. The Balaban J connectivity index is 1.26. The molecule has 206 valence electrons. The van der Waals surface area contributed by atoms with Crippen molar-refractivity contribution in [2.45, 2.75) is 38.2 Å². The van der Waals surface area contributed by atoms with Gasteiger partial charge in [-0.15, -0.1) is 0 Å². The van der Waals surface area contributed by atoms with Crippen molar-refractivity contribution in [2.24, 2.45) is 0 Å². The van der Waals surface area contributed by atoms with Crippen molar-refractivity contribution in [3.05, 3.63) is 101 Å². The Kier molecular flexibility index (Phi) is 8.06. The molecule has 7 nitrogen and oxygen atoms in total. The third kappa shape index (κ3) is 6.27. The quantitative estimate of drug-likeness (QED) is 0.163. The van der Waals surface area contributed by atoms with Crippen molar-refractivity contribution in [2.75, 3.05) is 11.3 Å². The van der Waals surface area contributed by atoms with Crippen LogP contribution in [0.5, 0.6) is 0 Å². The van der Waals surface area contributed by atoms with Crippen LogP contribution < -0.4 is 4.72 Å². The Bertz CT molecular complexity index is 1630. The third-order valence-electron chi connectivity index (χ3n) is 6.29. The smallest absolute Gasteiger partial charge is 0.416 e. The highest BCUT2D eigenvalue weighted by molar-refractivity contribution is 7.92. The van der Waals surface area contributed by atoms with Gasteiger partial charge in [-0.1, -0.05) is 30.3 Å². The van der Waals surface area contributed by atoms with Gasteiger partial charge in [0.1, 0.15) is 11.4 Å². The fourth-order valence-corrected chi connectivity index (χ4v) is 5.40. The topological polar surface area (TPSA) is 87.9 Å². The number of rotatable bonds is 9. The first-order valence-electron chi connectivity index (χ1n) is 12.5. The van der Waals surface area contributed by atoms with Crippen molar-refractivity contribution in [3.63, 3.8) is 0 Å². The summed E-state index contributed by atoms with van der Waals surface area (Å²) < 4.78 is 62.9. The number of aryl methyl sites for hydroxylation is 2. The molecule has 0 bridgehead atoms. The van der Waals surface area contributed by atoms with Crippen molar-refractivity contribution < 1.29 is 22.5 Å². The van der Waals surface area contributed by atoms with E-state index >= 15 is 0 Å². The molecule has 0 amide bonds. The van der Waals surface area contributed by atoms with Crippen LogP contribution in [0.25, 0.3) is 22.3 Å². The molecule has 2 aromatic heterocycles. The summed E-state index contributed by atoms with van der Waals surface area (Å²) in [5.41, 5.74) is 3.69. The zero-order valence-corrected chi connectivity index (χ0v) is 22.6. The number of halogens is 3. The van der Waals surface area contributed by atoms with E-state index in [4.69, 9.17) is 4.74 Å². The Labute approximate surface area is 232 Å². The Morgan fingerprint density at radius 3 is 2.52 bits per heavy atom. The van der Waals surface area contributed by atoms with E-state index in [1.165, 1.54) is 12.3 Å². The molecule has 1 N–H and O–H groups in total. The molecule has 0 aliphatic carbocycles. The van der Waals surface area contributed by atoms with Gasteiger partial charge in [0.2, 0.25) is 0 Å². The van der Waals surface area contributed by atoms with Crippen molar-refractivity contribution in [1.29, 1.82) is 0 Å². The summed E-state index contributed by atoms with van der Waals surface area (Å²) >= 11 is -1.59. The maximum Gasteiger partial charge on any atom is 0.416 e. The number of hydrogen-bond acceptors (Lipinski definition) is 6. The Morgan fingerprint density at radius 1 is 0.975 bits per heavy atom. The molecule has 0 aliphatic rings. The highest BCUT2D eigenvalue weighted by atomic mass is 32.2. The molecule has 2 heterocycles. The minimum absolute atomic E-state index is 0.307. The van der Waals surface area contributed by atoms with Crippen molar-refractivity contribution in [3.8, 4) is 11.4 Å². The predicted octanol–water partition coefficient (Wildman–Crippen LogP) is 6.48. The van der Waals surface area contributed by atoms with Gasteiger partial charge in [0.15, 0.2) is 5.82 Å². The van der Waals surface area contributed by atoms with Gasteiger partial charge in [0.25, 0.3) is 5.03 Å². The standard InChI is InChI=1S/C29H26F3N5O2S/c1-19-14-22(27-33-17-23-15-24(29(30,31)32)9-11-26(23)35-27)8-10-25(19)36-40(38)28-20(2)16-34-37(28)12-13-39-18-21-6-4-3-5-7-21/h3-11,14-17,36H,12-13,18H2,1-2H3. The van der Waals surface area contributed by atoms with E-state index in [-0.39, 0.29) is 0 Å². The Hall–Kier alpha value is -3.93. The first kappa shape index (κ1) is 27.6. The van der Waals surface area contributed by atoms with Crippen LogP contribution in [0.4, 0.5) is 18.9 Å². The summed E-state index contributed by atoms with van der Waals surface area (Å²) in [5, 5.41) is 5.23. The summed E-state index contributed by atoms with van der Waals surface area (Å²) in [4.78, 5) is 8.71. The zero-order valence-electron chi connectivity index (χ0n) is 21.8. The van der Waals surface area contributed by atoms with E-state index in [1.807, 2.05) is 50.2 Å². The minimum Gasteiger partial charge on any atom is -0.587 e. The summed E-state index contributed by atoms with van der Waals surface area (Å²) in [5.74, 6) is 0.382. The average Bonchev–Trinajstić information content (AvgIpc) is 3.31. The molecule has 5 aromatic rings. The largest absolute Gasteiger partial charge is 0.587 e. The van der Waals surface area contributed by atoms with Crippen molar-refractivity contribution >= 4 is 28.0 Å². The molecule has 0 saturated carbocycles. The van der Waals surface area contributed by atoms with E-state index in [1.54, 1.807) is 23.0 Å². The van der Waals surface area contributed by atoms with Crippen LogP contribution >= 0.6 is 0 Å². The predicted molar refractivity (Wildman–Crippen MR) is 148 cm³/mol. The lowest BCUT2D eigenvalue weighted by Gasteiger charge is -2.16. The summed E-state index contributed by atoms with van der Waals surface area (Å²) in [6.45, 7) is 5.07. The van der Waals surface area contributed by atoms with Crippen LogP contribution in [-0.4, -0.2) is 30.9 Å². The van der Waals surface area contributed by atoms with Gasteiger partial charge in [-0.25, -0.2) is 19.4 Å². The molecule has 0 fully saturated rings. The van der Waals surface area contributed by atoms with E-state index in [0.29, 0.717) is 52.8 Å². The van der Waals surface area contributed by atoms with Gasteiger partial charge < -0.3 is 9.29 Å². The fraction of sp³-hybridized carbons (Fsp3) is 0.207. The van der Waals surface area contributed by atoms with Gasteiger partial charge in [0, 0.05) is 22.7 Å². The number of alkyl halides is 3. The molecule has 40 heavy (non-hydrogen) atoms. The molecular formula is C29H26F3N5O2S. The lowest BCUT2D eigenvalue weighted by molar-refractivity contribution is -0.137. The van der Waals surface area contributed by atoms with Crippen LogP contribution in [0.3, 0.4) is 0 Å². The Morgan fingerprint density at radius 2 is 1.77 bits per heavy atom. The van der Waals surface area contributed by atoms with Crippen molar-refractivity contribution in [1.82, 2.24) is 19.7 Å². The monoisotopic (exact) mass is 565 g/mol. The lowest BCUT2D eigenvalue weighted by Crippen LogP contribution is -2.21. The van der Waals surface area contributed by atoms with Gasteiger partial charge >= 0.3 is 6.18 Å². The highest BCUT2D eigenvalue weighted by Crippen LogP contribution is 2.32. The molecule has 1 atom stereocenters. The number of aromatic nitrogens is 4. The highest BCUT2D eigenvalue weighted by Gasteiger charge is 2.30. The zero-order chi connectivity index (χ0) is 28.3. The maximum absolute atomic E-state index is 13.3. The number of fused-ring (bicyclic) bond motifs is 1. The number of anilines is 1. The second-order valence-electron chi connectivity index (χ2n) is 9.26. The van der Waals surface area contributed by atoms with E-state index < -0.39 is 23.1 Å². The molecular weight excluding hydrogens is 539 g/mol. The van der Waals surface area contributed by atoms with Gasteiger partial charge in [-0.05, 0) is 61.4 Å². The van der Waals surface area contributed by atoms with E-state index in [2.05, 4.69) is 19.8 Å². The molecule has 1 unspecified atom stereocenters. The second-order valence-corrected chi connectivity index (χ2v) is 10.4. The van der Waals surface area contributed by atoms with Gasteiger partial charge in [-0.2, -0.15) is 18.3 Å². The number of ether oxygens (including phenoxy) is 1. The lowest BCUT2D eigenvalue weighted by atomic mass is 10.1. The van der Waals surface area contributed by atoms with E-state index in [9.17, 15) is 17.7 Å². The number of benzene rings is 3. The summed E-state index contributed by atoms with van der Waals surface area (Å²) in [6, 6.07) is 18.6. The second kappa shape index (κ2) is 11.7. The summed E-state index contributed by atoms with van der Waals surface area (Å²) in [7, 11) is 0. The number of hydrogen-bond donors (Lipinski definition) is 1. The SMILES string of the molecule is Cc1cc(-c2ncc3cc(C(F)(F)F)ccc3n2)ccc1N[S+]([O-])c1c(C)cnn1CCOCc1ccccc1. The summed E-state index contributed by atoms with van der Waals surface area (Å²) in [6.07, 6.45) is -1.37. The average molecular weight is 566 g/mol. The number of nitrogens with zero attached hydrogens (tertiary/aromatic N) is 4. The molecule has 0 spiro atoms. The van der Waals surface area contributed by atoms with Gasteiger partial charge in [-0.3, -0.25) is 0 Å². The fourth-order valence-electron chi connectivity index (χ4n) is 4.20. The molecule has 0 aliphatic heterocycles. The van der Waals surface area contributed by atoms with Crippen LogP contribution in [0.2, 0.25) is 0 Å². The van der Waals surface area contributed by atoms with Crippen LogP contribution in [0, 0.1) is 13.8 Å². The van der Waals surface area contributed by atoms with E-state index in [0.717, 1.165) is 28.8 Å². The van der Waals surface area contributed by atoms with Crippen LogP contribution in [-0.2, 0) is 35.4 Å². The van der Waals surface area contributed by atoms with Crippen LogP contribution in [0.1, 0.15) is 22.3 Å². The minimum atomic E-state index is -4.43. The third-order valence-corrected chi connectivity index (χ3v) is 7.58. The first-order chi connectivity index (χ1) is 19.2. The number of nitrogens with one attached hydrogen (secondary N) is 1. The molecule has 11 heteroatoms. The molecule has 0 saturated heterocycles. The van der Waals surface area contributed by atoms with Gasteiger partial charge in [0.05, 0.1) is 42.7 Å². The molecule has 5 rings (SSSR count). The van der Waals surface area contributed by atoms with Crippen LogP contribution in [0.15, 0.2) is 84.1 Å². The normalized spacial score (nSPS) is 12.6.